The summed E-state index contributed by atoms with van der Waals surface area (Å²) in [7, 11) is 0. The molecule has 0 spiro atoms. The Balaban J connectivity index is 1.41. The first-order valence-electron chi connectivity index (χ1n) is 10.9. The lowest BCUT2D eigenvalue weighted by atomic mass is 10.1. The first-order chi connectivity index (χ1) is 15.5. The molecule has 0 saturated heterocycles. The second kappa shape index (κ2) is 9.69. The summed E-state index contributed by atoms with van der Waals surface area (Å²) in [4.78, 5) is 26.4. The lowest BCUT2D eigenvalue weighted by Gasteiger charge is -2.16. The van der Waals surface area contributed by atoms with E-state index in [0.717, 1.165) is 33.7 Å². The average Bonchev–Trinajstić information content (AvgIpc) is 3.12. The summed E-state index contributed by atoms with van der Waals surface area (Å²) in [6, 6.07) is 21.5. The molecule has 3 aromatic rings. The zero-order valence-corrected chi connectivity index (χ0v) is 18.5. The molecule has 32 heavy (non-hydrogen) atoms. The molecule has 3 aromatic carbocycles. The zero-order chi connectivity index (χ0) is 22.5. The Morgan fingerprint density at radius 1 is 1.00 bits per heavy atom. The molecule has 1 amide bonds. The summed E-state index contributed by atoms with van der Waals surface area (Å²) in [6.07, 6.45) is 0.974. The van der Waals surface area contributed by atoms with Crippen molar-refractivity contribution in [3.63, 3.8) is 0 Å². The number of carbonyl (C=O) groups excluding carboxylic acids is 2. The van der Waals surface area contributed by atoms with E-state index in [1.54, 1.807) is 11.8 Å². The fraction of sp³-hybridized carbons (Fsp3) is 0.259. The van der Waals surface area contributed by atoms with Crippen molar-refractivity contribution in [1.29, 1.82) is 0 Å². The zero-order valence-electron chi connectivity index (χ0n) is 18.5. The van der Waals surface area contributed by atoms with Crippen LogP contribution in [0.3, 0.4) is 0 Å². The highest BCUT2D eigenvalue weighted by molar-refractivity contribution is 6.10. The van der Waals surface area contributed by atoms with Crippen LogP contribution in [0.4, 0.5) is 5.69 Å². The molecular weight excluding hydrogens is 402 g/mol. The fourth-order valence-electron chi connectivity index (χ4n) is 3.93. The van der Waals surface area contributed by atoms with Gasteiger partial charge in [0.05, 0.1) is 26.2 Å². The Kier molecular flexibility index (Phi) is 6.55. The molecule has 0 fully saturated rings. The van der Waals surface area contributed by atoms with Gasteiger partial charge in [0.25, 0.3) is 5.91 Å². The van der Waals surface area contributed by atoms with Crippen molar-refractivity contribution >= 4 is 17.6 Å². The summed E-state index contributed by atoms with van der Waals surface area (Å²) in [5, 5.41) is 0. The highest BCUT2D eigenvalue weighted by atomic mass is 16.5. The van der Waals surface area contributed by atoms with Gasteiger partial charge < -0.3 is 14.4 Å². The summed E-state index contributed by atoms with van der Waals surface area (Å²) in [6.45, 7) is 5.21. The standard InChI is InChI=1S/C27H27NO4/c1-3-31-26(29)17-21-7-4-6-20(16-21)14-15-32-25-9-5-8-23-24(25)18-28(27(23)30)22-12-10-19(2)11-13-22/h4-13,16H,3,14-15,17-18H2,1-2H3. The van der Waals surface area contributed by atoms with Gasteiger partial charge in [0, 0.05) is 23.2 Å². The van der Waals surface area contributed by atoms with Crippen LogP contribution in [-0.4, -0.2) is 25.1 Å². The first kappa shape index (κ1) is 21.6. The van der Waals surface area contributed by atoms with Crippen LogP contribution in [0, 0.1) is 6.92 Å². The molecular formula is C27H27NO4. The molecule has 0 unspecified atom stereocenters. The Morgan fingerprint density at radius 3 is 2.53 bits per heavy atom. The van der Waals surface area contributed by atoms with E-state index >= 15 is 0 Å². The highest BCUT2D eigenvalue weighted by Crippen LogP contribution is 2.34. The maximum absolute atomic E-state index is 12.9. The van der Waals surface area contributed by atoms with Gasteiger partial charge in [-0.2, -0.15) is 0 Å². The molecule has 0 N–H and O–H groups in total. The maximum Gasteiger partial charge on any atom is 0.310 e. The number of amides is 1. The Bertz CT molecular complexity index is 1120. The van der Waals surface area contributed by atoms with Crippen LogP contribution in [0.1, 0.15) is 39.5 Å². The predicted molar refractivity (Wildman–Crippen MR) is 124 cm³/mol. The average molecular weight is 430 g/mol. The van der Waals surface area contributed by atoms with E-state index in [-0.39, 0.29) is 18.3 Å². The van der Waals surface area contributed by atoms with Gasteiger partial charge in [-0.1, -0.05) is 48.0 Å². The molecule has 1 heterocycles. The van der Waals surface area contributed by atoms with Crippen LogP contribution in [-0.2, 0) is 28.9 Å². The van der Waals surface area contributed by atoms with Crippen LogP contribution in [0.15, 0.2) is 66.7 Å². The number of hydrogen-bond acceptors (Lipinski definition) is 4. The minimum absolute atomic E-state index is 0.000898. The van der Waals surface area contributed by atoms with E-state index in [1.165, 1.54) is 0 Å². The molecule has 5 nitrogen and oxygen atoms in total. The molecule has 0 aromatic heterocycles. The van der Waals surface area contributed by atoms with E-state index in [4.69, 9.17) is 9.47 Å². The van der Waals surface area contributed by atoms with Gasteiger partial charge in [-0.05, 0) is 49.2 Å². The van der Waals surface area contributed by atoms with Crippen molar-refractivity contribution in [1.82, 2.24) is 0 Å². The fourth-order valence-corrected chi connectivity index (χ4v) is 3.93. The second-order valence-corrected chi connectivity index (χ2v) is 7.91. The number of carbonyl (C=O) groups is 2. The Hall–Kier alpha value is -3.60. The van der Waals surface area contributed by atoms with Gasteiger partial charge in [0.2, 0.25) is 0 Å². The van der Waals surface area contributed by atoms with Gasteiger partial charge in [0.1, 0.15) is 5.75 Å². The monoisotopic (exact) mass is 429 g/mol. The normalized spacial score (nSPS) is 12.6. The second-order valence-electron chi connectivity index (χ2n) is 7.91. The highest BCUT2D eigenvalue weighted by Gasteiger charge is 2.30. The molecule has 0 bridgehead atoms. The largest absolute Gasteiger partial charge is 0.493 e. The molecule has 1 aliphatic rings. The van der Waals surface area contributed by atoms with Gasteiger partial charge in [-0.15, -0.1) is 0 Å². The van der Waals surface area contributed by atoms with E-state index in [1.807, 2.05) is 73.7 Å². The van der Waals surface area contributed by atoms with Crippen molar-refractivity contribution in [3.05, 3.63) is 94.5 Å². The third-order valence-corrected chi connectivity index (χ3v) is 5.56. The number of ether oxygens (including phenoxy) is 2. The number of fused-ring (bicyclic) bond motifs is 1. The van der Waals surface area contributed by atoms with Gasteiger partial charge in [-0.25, -0.2) is 0 Å². The van der Waals surface area contributed by atoms with Crippen LogP contribution in [0.5, 0.6) is 5.75 Å². The van der Waals surface area contributed by atoms with E-state index < -0.39 is 0 Å². The van der Waals surface area contributed by atoms with Crippen molar-refractivity contribution in [2.24, 2.45) is 0 Å². The number of hydrogen-bond donors (Lipinski definition) is 0. The van der Waals surface area contributed by atoms with Crippen molar-refractivity contribution in [2.75, 3.05) is 18.1 Å². The molecule has 1 aliphatic heterocycles. The van der Waals surface area contributed by atoms with Crippen LogP contribution < -0.4 is 9.64 Å². The molecule has 0 atom stereocenters. The molecule has 4 rings (SSSR count). The first-order valence-corrected chi connectivity index (χ1v) is 10.9. The summed E-state index contributed by atoms with van der Waals surface area (Å²) in [5.41, 5.74) is 5.70. The van der Waals surface area contributed by atoms with Crippen molar-refractivity contribution in [3.8, 4) is 5.75 Å². The number of esters is 1. The number of anilines is 1. The lowest BCUT2D eigenvalue weighted by molar-refractivity contribution is -0.142. The smallest absolute Gasteiger partial charge is 0.310 e. The molecule has 164 valence electrons. The summed E-state index contributed by atoms with van der Waals surface area (Å²) in [5.74, 6) is 0.526. The van der Waals surface area contributed by atoms with Gasteiger partial charge in [-0.3, -0.25) is 9.59 Å². The SMILES string of the molecule is CCOC(=O)Cc1cccc(CCOc2cccc3c2CN(c2ccc(C)cc2)C3=O)c1. The minimum Gasteiger partial charge on any atom is -0.493 e. The van der Waals surface area contributed by atoms with Crippen molar-refractivity contribution < 1.29 is 19.1 Å². The third-order valence-electron chi connectivity index (χ3n) is 5.56. The topological polar surface area (TPSA) is 55.8 Å². The molecule has 5 heteroatoms. The van der Waals surface area contributed by atoms with Crippen LogP contribution in [0.2, 0.25) is 0 Å². The summed E-state index contributed by atoms with van der Waals surface area (Å²) >= 11 is 0. The third kappa shape index (κ3) is 4.83. The molecule has 0 saturated carbocycles. The van der Waals surface area contributed by atoms with E-state index in [2.05, 4.69) is 0 Å². The predicted octanol–water partition coefficient (Wildman–Crippen LogP) is 4.88. The molecule has 0 radical (unpaired) electrons. The Morgan fingerprint density at radius 2 is 1.75 bits per heavy atom. The summed E-state index contributed by atoms with van der Waals surface area (Å²) < 4.78 is 11.1. The molecule has 0 aliphatic carbocycles. The number of aryl methyl sites for hydroxylation is 1. The van der Waals surface area contributed by atoms with Gasteiger partial charge >= 0.3 is 5.97 Å². The maximum atomic E-state index is 12.9. The lowest BCUT2D eigenvalue weighted by Crippen LogP contribution is -2.22. The van der Waals surface area contributed by atoms with E-state index in [0.29, 0.717) is 31.7 Å². The van der Waals surface area contributed by atoms with Crippen LogP contribution in [0.25, 0.3) is 0 Å². The Labute approximate surface area is 188 Å². The van der Waals surface area contributed by atoms with E-state index in [9.17, 15) is 9.59 Å². The van der Waals surface area contributed by atoms with Gasteiger partial charge in [0.15, 0.2) is 0 Å². The van der Waals surface area contributed by atoms with Crippen molar-refractivity contribution in [2.45, 2.75) is 33.2 Å². The number of nitrogens with zero attached hydrogens (tertiary/aromatic N) is 1. The quantitative estimate of drug-likeness (QED) is 0.479. The number of rotatable bonds is 8. The van der Waals surface area contributed by atoms with Crippen LogP contribution >= 0.6 is 0 Å². The minimum atomic E-state index is -0.219. The number of benzene rings is 3.